The van der Waals surface area contributed by atoms with Crippen LogP contribution in [0.4, 0.5) is 0 Å². The summed E-state index contributed by atoms with van der Waals surface area (Å²) in [6, 6.07) is 24.3. The summed E-state index contributed by atoms with van der Waals surface area (Å²) in [5.74, 6) is 0.911. The molecule has 1 heterocycles. The van der Waals surface area contributed by atoms with E-state index in [-0.39, 0.29) is 17.9 Å². The Bertz CT molecular complexity index is 1360. The van der Waals surface area contributed by atoms with Gasteiger partial charge >= 0.3 is 0 Å². The Morgan fingerprint density at radius 3 is 2.31 bits per heavy atom. The Hall–Kier alpha value is -3.66. The number of hydrogen-bond acceptors (Lipinski definition) is 3. The van der Waals surface area contributed by atoms with Gasteiger partial charge in [0.2, 0.25) is 0 Å². The number of amides is 1. The van der Waals surface area contributed by atoms with Crippen molar-refractivity contribution in [2.75, 3.05) is 0 Å². The maximum absolute atomic E-state index is 13.8. The highest BCUT2D eigenvalue weighted by Gasteiger charge is 2.26. The molecule has 1 fully saturated rings. The van der Waals surface area contributed by atoms with Crippen LogP contribution < -0.4 is 10.1 Å². The predicted molar refractivity (Wildman–Crippen MR) is 147 cm³/mol. The molecule has 0 aliphatic heterocycles. The quantitative estimate of drug-likeness (QED) is 0.298. The van der Waals surface area contributed by atoms with Gasteiger partial charge in [0, 0.05) is 23.1 Å². The van der Waals surface area contributed by atoms with Crippen LogP contribution in [-0.2, 0) is 6.54 Å². The van der Waals surface area contributed by atoms with Crippen LogP contribution in [0, 0.1) is 6.92 Å². The summed E-state index contributed by atoms with van der Waals surface area (Å²) in [5, 5.41) is 4.05. The molecule has 1 amide bonds. The number of aromatic nitrogens is 1. The third kappa shape index (κ3) is 4.86. The minimum Gasteiger partial charge on any atom is -0.490 e. The SMILES string of the molecule is Cc1c(OC2CCCC2)ccc2c(C(=O)NCc3ccccc3)c(C(C)C)c(-c3ccccc3)nc12. The van der Waals surface area contributed by atoms with Crippen molar-refractivity contribution in [3.05, 3.63) is 95.1 Å². The van der Waals surface area contributed by atoms with Gasteiger partial charge in [0.25, 0.3) is 5.91 Å². The molecule has 0 bridgehead atoms. The third-order valence-corrected chi connectivity index (χ3v) is 7.14. The molecule has 4 nitrogen and oxygen atoms in total. The number of carbonyl (C=O) groups excluding carboxylic acids is 1. The van der Waals surface area contributed by atoms with E-state index in [4.69, 9.17) is 9.72 Å². The van der Waals surface area contributed by atoms with E-state index in [0.717, 1.165) is 57.4 Å². The molecule has 0 spiro atoms. The number of ether oxygens (including phenoxy) is 1. The average Bonchev–Trinajstić information content (AvgIpc) is 3.42. The Morgan fingerprint density at radius 2 is 1.64 bits per heavy atom. The lowest BCUT2D eigenvalue weighted by Gasteiger charge is -2.22. The number of nitrogens with one attached hydrogen (secondary N) is 1. The van der Waals surface area contributed by atoms with Crippen LogP contribution in [0.2, 0.25) is 0 Å². The normalized spacial score (nSPS) is 13.9. The fourth-order valence-corrected chi connectivity index (χ4v) is 5.27. The topological polar surface area (TPSA) is 51.2 Å². The summed E-state index contributed by atoms with van der Waals surface area (Å²) in [7, 11) is 0. The second kappa shape index (κ2) is 10.5. The summed E-state index contributed by atoms with van der Waals surface area (Å²) in [6.45, 7) is 6.81. The molecule has 0 saturated heterocycles. The van der Waals surface area contributed by atoms with E-state index in [9.17, 15) is 4.79 Å². The summed E-state index contributed by atoms with van der Waals surface area (Å²) in [6.07, 6.45) is 4.89. The Balaban J connectivity index is 1.67. The van der Waals surface area contributed by atoms with Gasteiger partial charge in [-0.05, 0) is 61.8 Å². The molecule has 4 heteroatoms. The molecular formula is C32H34N2O2. The number of rotatable bonds is 7. The van der Waals surface area contributed by atoms with Crippen LogP contribution in [0.5, 0.6) is 5.75 Å². The van der Waals surface area contributed by atoms with Crippen molar-refractivity contribution < 1.29 is 9.53 Å². The second-order valence-corrected chi connectivity index (χ2v) is 10.0. The fraction of sp³-hybridized carbons (Fsp3) is 0.312. The molecule has 1 N–H and O–H groups in total. The average molecular weight is 479 g/mol. The van der Waals surface area contributed by atoms with E-state index in [1.165, 1.54) is 12.8 Å². The minimum absolute atomic E-state index is 0.0732. The van der Waals surface area contributed by atoms with E-state index in [0.29, 0.717) is 12.1 Å². The number of nitrogens with zero attached hydrogens (tertiary/aromatic N) is 1. The monoisotopic (exact) mass is 478 g/mol. The maximum Gasteiger partial charge on any atom is 0.252 e. The van der Waals surface area contributed by atoms with Crippen LogP contribution in [0.3, 0.4) is 0 Å². The van der Waals surface area contributed by atoms with Gasteiger partial charge in [-0.3, -0.25) is 4.79 Å². The second-order valence-electron chi connectivity index (χ2n) is 10.0. The van der Waals surface area contributed by atoms with E-state index in [1.54, 1.807) is 0 Å². The largest absolute Gasteiger partial charge is 0.490 e. The highest BCUT2D eigenvalue weighted by molar-refractivity contribution is 6.10. The molecule has 1 saturated carbocycles. The minimum atomic E-state index is -0.0732. The standard InChI is InChI=1S/C32H34N2O2/c1-21(2)28-29(32(35)33-20-23-12-6-4-7-13-23)26-18-19-27(36-25-16-10-11-17-25)22(3)30(26)34-31(28)24-14-8-5-9-15-24/h4-9,12-15,18-19,21,25H,10-11,16-17,20H2,1-3H3,(H,33,35). The van der Waals surface area contributed by atoms with Gasteiger partial charge in [0.1, 0.15) is 5.75 Å². The summed E-state index contributed by atoms with van der Waals surface area (Å²) >= 11 is 0. The maximum atomic E-state index is 13.8. The molecule has 1 aromatic heterocycles. The van der Waals surface area contributed by atoms with Gasteiger partial charge < -0.3 is 10.1 Å². The molecular weight excluding hydrogens is 444 g/mol. The van der Waals surface area contributed by atoms with Gasteiger partial charge in [-0.2, -0.15) is 0 Å². The molecule has 5 rings (SSSR count). The van der Waals surface area contributed by atoms with E-state index >= 15 is 0 Å². The van der Waals surface area contributed by atoms with Crippen LogP contribution in [0.1, 0.15) is 72.5 Å². The van der Waals surface area contributed by atoms with Crippen LogP contribution >= 0.6 is 0 Å². The van der Waals surface area contributed by atoms with Crippen molar-refractivity contribution in [3.8, 4) is 17.0 Å². The summed E-state index contributed by atoms with van der Waals surface area (Å²) in [4.78, 5) is 19.0. The van der Waals surface area contributed by atoms with Gasteiger partial charge in [-0.25, -0.2) is 4.98 Å². The van der Waals surface area contributed by atoms with Crippen molar-refractivity contribution in [1.82, 2.24) is 10.3 Å². The highest BCUT2D eigenvalue weighted by atomic mass is 16.5. The predicted octanol–water partition coefficient (Wildman–Crippen LogP) is 7.59. The van der Waals surface area contributed by atoms with Crippen molar-refractivity contribution in [3.63, 3.8) is 0 Å². The van der Waals surface area contributed by atoms with Crippen molar-refractivity contribution >= 4 is 16.8 Å². The van der Waals surface area contributed by atoms with Crippen LogP contribution in [0.15, 0.2) is 72.8 Å². The first-order chi connectivity index (χ1) is 17.5. The van der Waals surface area contributed by atoms with Gasteiger partial charge in [-0.1, -0.05) is 74.5 Å². The number of carbonyl (C=O) groups is 1. The first-order valence-electron chi connectivity index (χ1n) is 13.0. The lowest BCUT2D eigenvalue weighted by molar-refractivity contribution is 0.0951. The molecule has 0 unspecified atom stereocenters. The first kappa shape index (κ1) is 24.1. The van der Waals surface area contributed by atoms with Crippen molar-refractivity contribution in [1.29, 1.82) is 0 Å². The van der Waals surface area contributed by atoms with Gasteiger partial charge in [-0.15, -0.1) is 0 Å². The number of hydrogen-bond donors (Lipinski definition) is 1. The van der Waals surface area contributed by atoms with Crippen LogP contribution in [0.25, 0.3) is 22.2 Å². The molecule has 0 atom stereocenters. The molecule has 184 valence electrons. The van der Waals surface area contributed by atoms with Gasteiger partial charge in [0.15, 0.2) is 0 Å². The van der Waals surface area contributed by atoms with E-state index in [1.807, 2.05) is 60.7 Å². The lowest BCUT2D eigenvalue weighted by atomic mass is 9.88. The van der Waals surface area contributed by atoms with Crippen molar-refractivity contribution in [2.45, 2.75) is 65.0 Å². The van der Waals surface area contributed by atoms with Crippen molar-refractivity contribution in [2.24, 2.45) is 0 Å². The summed E-state index contributed by atoms with van der Waals surface area (Å²) in [5.41, 5.74) is 6.46. The Kier molecular flexibility index (Phi) is 7.04. The van der Waals surface area contributed by atoms with E-state index in [2.05, 4.69) is 38.2 Å². The Morgan fingerprint density at radius 1 is 0.972 bits per heavy atom. The zero-order chi connectivity index (χ0) is 25.1. The number of benzene rings is 3. The lowest BCUT2D eigenvalue weighted by Crippen LogP contribution is -2.25. The zero-order valence-corrected chi connectivity index (χ0v) is 21.4. The van der Waals surface area contributed by atoms with Gasteiger partial charge in [0.05, 0.1) is 22.9 Å². The Labute approximate surface area is 213 Å². The number of fused-ring (bicyclic) bond motifs is 1. The third-order valence-electron chi connectivity index (χ3n) is 7.14. The fourth-order valence-electron chi connectivity index (χ4n) is 5.27. The van der Waals surface area contributed by atoms with Crippen LogP contribution in [-0.4, -0.2) is 17.0 Å². The zero-order valence-electron chi connectivity index (χ0n) is 21.4. The molecule has 1 aliphatic rings. The van der Waals surface area contributed by atoms with E-state index < -0.39 is 0 Å². The first-order valence-corrected chi connectivity index (χ1v) is 13.0. The molecule has 4 aromatic rings. The number of pyridine rings is 1. The molecule has 1 aliphatic carbocycles. The molecule has 36 heavy (non-hydrogen) atoms. The number of aryl methyl sites for hydroxylation is 1. The highest BCUT2D eigenvalue weighted by Crippen LogP contribution is 2.38. The molecule has 3 aromatic carbocycles. The smallest absolute Gasteiger partial charge is 0.252 e. The summed E-state index contributed by atoms with van der Waals surface area (Å²) < 4.78 is 6.40. The molecule has 0 radical (unpaired) electrons.